The van der Waals surface area contributed by atoms with Crippen LogP contribution in [0.15, 0.2) is 0 Å². The van der Waals surface area contributed by atoms with Crippen molar-refractivity contribution in [3.05, 3.63) is 0 Å². The summed E-state index contributed by atoms with van der Waals surface area (Å²) in [6.07, 6.45) is 8.53. The second kappa shape index (κ2) is 17.3. The Labute approximate surface area is 103 Å². The fraction of sp³-hybridized carbons (Fsp3) is 1.00. The number of unbranched alkanes of at least 4 members (excludes halogenated alkanes) is 2. The summed E-state index contributed by atoms with van der Waals surface area (Å²) < 4.78 is 5.58. The molecule has 1 fully saturated rings. The molecule has 0 saturated heterocycles. The minimum Gasteiger partial charge on any atom is -0.378 e. The number of ether oxygens (including phenoxy) is 1. The van der Waals surface area contributed by atoms with E-state index in [1.54, 1.807) is 0 Å². The molecule has 2 nitrogen and oxygen atoms in total. The summed E-state index contributed by atoms with van der Waals surface area (Å²) in [4.78, 5) is 0. The van der Waals surface area contributed by atoms with Gasteiger partial charge in [0.1, 0.15) is 0 Å². The van der Waals surface area contributed by atoms with Gasteiger partial charge in [-0.2, -0.15) is 0 Å². The minimum atomic E-state index is 0.636. The molecule has 100 valence electrons. The fourth-order valence-corrected chi connectivity index (χ4v) is 1.14. The first-order valence-electron chi connectivity index (χ1n) is 7.11. The Morgan fingerprint density at radius 1 is 1.12 bits per heavy atom. The van der Waals surface area contributed by atoms with Crippen LogP contribution in [0, 0.1) is 0 Å². The molecule has 1 N–H and O–H groups in total. The topological polar surface area (TPSA) is 21.3 Å². The molecule has 1 aliphatic carbocycles. The van der Waals surface area contributed by atoms with Crippen molar-refractivity contribution in [1.82, 2.24) is 5.32 Å². The lowest BCUT2D eigenvalue weighted by molar-refractivity contribution is 0.000750. The van der Waals surface area contributed by atoms with E-state index in [1.807, 2.05) is 20.9 Å². The molecule has 1 saturated carbocycles. The lowest BCUT2D eigenvalue weighted by Crippen LogP contribution is -2.21. The molecule has 0 aromatic carbocycles. The number of nitrogens with one attached hydrogen (secondary N) is 1. The largest absolute Gasteiger partial charge is 0.378 e. The SMILES string of the molecule is CC.CCCCCOC1CCC1.CCNC. The Kier molecular flexibility index (Phi) is 19.8. The molecule has 1 aliphatic rings. The van der Waals surface area contributed by atoms with Crippen molar-refractivity contribution in [2.24, 2.45) is 0 Å². The van der Waals surface area contributed by atoms with Crippen LogP contribution in [-0.4, -0.2) is 26.3 Å². The Balaban J connectivity index is 0. The highest BCUT2D eigenvalue weighted by Gasteiger charge is 2.16. The van der Waals surface area contributed by atoms with E-state index in [9.17, 15) is 0 Å². The highest BCUT2D eigenvalue weighted by molar-refractivity contribution is 4.68. The molecule has 0 radical (unpaired) electrons. The van der Waals surface area contributed by atoms with Crippen LogP contribution in [0.4, 0.5) is 0 Å². The molecule has 0 spiro atoms. The third kappa shape index (κ3) is 13.9. The molecule has 0 amide bonds. The van der Waals surface area contributed by atoms with Gasteiger partial charge in [-0.15, -0.1) is 0 Å². The Morgan fingerprint density at radius 2 is 1.69 bits per heavy atom. The standard InChI is InChI=1S/C9H18O.C3H9N.C2H6/c1-2-3-4-8-10-9-6-5-7-9;1-3-4-2;1-2/h9H,2-8H2,1H3;4H,3H2,1-2H3;1-2H3. The van der Waals surface area contributed by atoms with Gasteiger partial charge < -0.3 is 10.1 Å². The zero-order chi connectivity index (χ0) is 12.6. The van der Waals surface area contributed by atoms with Crippen LogP contribution in [-0.2, 0) is 4.74 Å². The van der Waals surface area contributed by atoms with Crippen molar-refractivity contribution in [1.29, 1.82) is 0 Å². The number of hydrogen-bond donors (Lipinski definition) is 1. The molecule has 0 atom stereocenters. The summed E-state index contributed by atoms with van der Waals surface area (Å²) in [7, 11) is 1.93. The maximum absolute atomic E-state index is 5.58. The summed E-state index contributed by atoms with van der Waals surface area (Å²) in [6.45, 7) is 10.4. The van der Waals surface area contributed by atoms with Gasteiger partial charge in [-0.3, -0.25) is 0 Å². The van der Waals surface area contributed by atoms with Crippen molar-refractivity contribution in [3.63, 3.8) is 0 Å². The first kappa shape index (κ1) is 18.3. The molecule has 0 aliphatic heterocycles. The first-order valence-corrected chi connectivity index (χ1v) is 7.11. The van der Waals surface area contributed by atoms with Gasteiger partial charge in [0.05, 0.1) is 6.10 Å². The highest BCUT2D eigenvalue weighted by Crippen LogP contribution is 2.21. The van der Waals surface area contributed by atoms with Crippen LogP contribution in [0.5, 0.6) is 0 Å². The van der Waals surface area contributed by atoms with Crippen LogP contribution >= 0.6 is 0 Å². The van der Waals surface area contributed by atoms with Gasteiger partial charge in [0, 0.05) is 6.61 Å². The van der Waals surface area contributed by atoms with Gasteiger partial charge in [-0.1, -0.05) is 40.5 Å². The molecular formula is C14H33NO. The zero-order valence-electron chi connectivity index (χ0n) is 12.1. The van der Waals surface area contributed by atoms with Crippen molar-refractivity contribution in [2.75, 3.05) is 20.2 Å². The predicted octanol–water partition coefficient (Wildman–Crippen LogP) is 4.00. The second-order valence-electron chi connectivity index (χ2n) is 3.84. The average molecular weight is 231 g/mol. The summed E-state index contributed by atoms with van der Waals surface area (Å²) in [5, 5.41) is 2.93. The number of hydrogen-bond acceptors (Lipinski definition) is 2. The van der Waals surface area contributed by atoms with Crippen molar-refractivity contribution in [3.8, 4) is 0 Å². The average Bonchev–Trinajstić information content (AvgIpc) is 2.30. The first-order chi connectivity index (χ1) is 7.85. The van der Waals surface area contributed by atoms with Crippen LogP contribution in [0.1, 0.15) is 66.2 Å². The number of rotatable bonds is 6. The van der Waals surface area contributed by atoms with Crippen molar-refractivity contribution in [2.45, 2.75) is 72.3 Å². The van der Waals surface area contributed by atoms with Crippen molar-refractivity contribution < 1.29 is 4.74 Å². The molecule has 0 bridgehead atoms. The van der Waals surface area contributed by atoms with Gasteiger partial charge in [-0.05, 0) is 39.3 Å². The van der Waals surface area contributed by atoms with E-state index in [0.29, 0.717) is 6.10 Å². The molecule has 1 rings (SSSR count). The Morgan fingerprint density at radius 3 is 2.00 bits per heavy atom. The minimum absolute atomic E-state index is 0.636. The van der Waals surface area contributed by atoms with E-state index in [4.69, 9.17) is 4.74 Å². The normalized spacial score (nSPS) is 14.1. The van der Waals surface area contributed by atoms with Gasteiger partial charge in [-0.25, -0.2) is 0 Å². The molecule has 0 heterocycles. The fourth-order valence-electron chi connectivity index (χ4n) is 1.14. The van der Waals surface area contributed by atoms with Gasteiger partial charge in [0.15, 0.2) is 0 Å². The maximum atomic E-state index is 5.58. The van der Waals surface area contributed by atoms with Crippen LogP contribution in [0.25, 0.3) is 0 Å². The van der Waals surface area contributed by atoms with E-state index >= 15 is 0 Å². The van der Waals surface area contributed by atoms with E-state index < -0.39 is 0 Å². The van der Waals surface area contributed by atoms with E-state index in [2.05, 4.69) is 19.2 Å². The van der Waals surface area contributed by atoms with Crippen LogP contribution < -0.4 is 5.32 Å². The third-order valence-electron chi connectivity index (χ3n) is 2.51. The Hall–Kier alpha value is -0.0800. The molecule has 0 unspecified atom stereocenters. The van der Waals surface area contributed by atoms with Crippen LogP contribution in [0.2, 0.25) is 0 Å². The predicted molar refractivity (Wildman–Crippen MR) is 74.1 cm³/mol. The smallest absolute Gasteiger partial charge is 0.0575 e. The third-order valence-corrected chi connectivity index (χ3v) is 2.51. The summed E-state index contributed by atoms with van der Waals surface area (Å²) in [6, 6.07) is 0. The second-order valence-corrected chi connectivity index (χ2v) is 3.84. The molecule has 16 heavy (non-hydrogen) atoms. The zero-order valence-corrected chi connectivity index (χ0v) is 12.1. The maximum Gasteiger partial charge on any atom is 0.0575 e. The molecular weight excluding hydrogens is 198 g/mol. The van der Waals surface area contributed by atoms with Crippen LogP contribution in [0.3, 0.4) is 0 Å². The van der Waals surface area contributed by atoms with Crippen molar-refractivity contribution >= 4 is 0 Å². The Bertz CT molecular complexity index is 101. The molecule has 2 heteroatoms. The van der Waals surface area contributed by atoms with Gasteiger partial charge in [0.25, 0.3) is 0 Å². The van der Waals surface area contributed by atoms with E-state index in [0.717, 1.165) is 13.2 Å². The summed E-state index contributed by atoms with van der Waals surface area (Å²) >= 11 is 0. The van der Waals surface area contributed by atoms with E-state index in [-0.39, 0.29) is 0 Å². The summed E-state index contributed by atoms with van der Waals surface area (Å²) in [5.41, 5.74) is 0. The van der Waals surface area contributed by atoms with Gasteiger partial charge in [0.2, 0.25) is 0 Å². The lowest BCUT2D eigenvalue weighted by atomic mass is 9.96. The summed E-state index contributed by atoms with van der Waals surface area (Å²) in [5.74, 6) is 0. The lowest BCUT2D eigenvalue weighted by Gasteiger charge is -2.25. The molecule has 0 aromatic rings. The quantitative estimate of drug-likeness (QED) is 0.698. The highest BCUT2D eigenvalue weighted by atomic mass is 16.5. The van der Waals surface area contributed by atoms with Gasteiger partial charge >= 0.3 is 0 Å². The monoisotopic (exact) mass is 231 g/mol. The van der Waals surface area contributed by atoms with E-state index in [1.165, 1.54) is 38.5 Å². The molecule has 0 aromatic heterocycles.